The van der Waals surface area contributed by atoms with Crippen molar-refractivity contribution < 1.29 is 9.32 Å². The van der Waals surface area contributed by atoms with Crippen molar-refractivity contribution >= 4 is 34.0 Å². The van der Waals surface area contributed by atoms with Gasteiger partial charge in [0, 0.05) is 24.0 Å². The fourth-order valence-corrected chi connectivity index (χ4v) is 3.25. The summed E-state index contributed by atoms with van der Waals surface area (Å²) < 4.78 is 5.09. The van der Waals surface area contributed by atoms with Crippen LogP contribution in [0.2, 0.25) is 5.02 Å². The summed E-state index contributed by atoms with van der Waals surface area (Å²) in [7, 11) is 0. The molecule has 0 bridgehead atoms. The van der Waals surface area contributed by atoms with Crippen LogP contribution in [0.4, 0.5) is 5.13 Å². The van der Waals surface area contributed by atoms with E-state index in [0.717, 1.165) is 11.1 Å². The lowest BCUT2D eigenvalue weighted by Crippen LogP contribution is -2.10. The molecule has 0 fully saturated rings. The molecule has 1 amide bonds. The minimum atomic E-state index is -0.497. The topological polar surface area (TPSA) is 107 Å². The summed E-state index contributed by atoms with van der Waals surface area (Å²) >= 11 is 7.36. The van der Waals surface area contributed by atoms with Crippen molar-refractivity contribution in [3.8, 4) is 22.1 Å². The highest BCUT2D eigenvalue weighted by molar-refractivity contribution is 7.18. The third kappa shape index (κ3) is 3.69. The molecule has 1 aromatic carbocycles. The highest BCUT2D eigenvalue weighted by Crippen LogP contribution is 2.31. The molecule has 0 aliphatic rings. The van der Waals surface area contributed by atoms with Crippen LogP contribution in [0.5, 0.6) is 0 Å². The second kappa shape index (κ2) is 7.22. The van der Waals surface area contributed by atoms with Gasteiger partial charge >= 0.3 is 0 Å². The van der Waals surface area contributed by atoms with Gasteiger partial charge in [-0.15, -0.1) is 10.2 Å². The smallest absolute Gasteiger partial charge is 0.296 e. The Morgan fingerprint density at radius 3 is 2.74 bits per heavy atom. The first-order valence-corrected chi connectivity index (χ1v) is 8.95. The molecule has 0 saturated heterocycles. The van der Waals surface area contributed by atoms with Gasteiger partial charge in [-0.05, 0) is 18.6 Å². The summed E-state index contributed by atoms with van der Waals surface area (Å²) in [6.07, 6.45) is 3.32. The largest absolute Gasteiger partial charge is 0.350 e. The molecule has 0 spiro atoms. The number of aryl methyl sites for hydroxylation is 1. The van der Waals surface area contributed by atoms with Gasteiger partial charge in [-0.25, -0.2) is 9.97 Å². The van der Waals surface area contributed by atoms with E-state index in [1.807, 2.05) is 25.1 Å². The maximum Gasteiger partial charge on any atom is 0.296 e. The number of hydrogen-bond donors (Lipinski definition) is 1. The number of amides is 1. The van der Waals surface area contributed by atoms with Crippen LogP contribution in [0.3, 0.4) is 0 Å². The Labute approximate surface area is 162 Å². The van der Waals surface area contributed by atoms with Gasteiger partial charge in [0.1, 0.15) is 0 Å². The first kappa shape index (κ1) is 17.3. The summed E-state index contributed by atoms with van der Waals surface area (Å²) in [4.78, 5) is 20.7. The molecule has 4 aromatic rings. The van der Waals surface area contributed by atoms with Crippen molar-refractivity contribution in [1.82, 2.24) is 25.3 Å². The molecule has 0 aliphatic carbocycles. The standard InChI is InChI=1S/C17H11ClN6O2S/c1-9-7-19-14(20-8-9)12-6-13(26-24-12)15(25)21-17-23-22-16(27-17)10-4-2-3-5-11(10)18/h2-8H,1H3,(H,21,23,25). The van der Waals surface area contributed by atoms with Gasteiger partial charge in [0.2, 0.25) is 10.9 Å². The number of carbonyl (C=O) groups excluding carboxylic acids is 1. The molecule has 27 heavy (non-hydrogen) atoms. The molecule has 0 unspecified atom stereocenters. The summed E-state index contributed by atoms with van der Waals surface area (Å²) in [6, 6.07) is 8.74. The molecule has 1 N–H and O–H groups in total. The average molecular weight is 399 g/mol. The van der Waals surface area contributed by atoms with Crippen molar-refractivity contribution in [3.05, 3.63) is 59.1 Å². The second-order valence-corrected chi connectivity index (χ2v) is 6.89. The highest BCUT2D eigenvalue weighted by Gasteiger charge is 2.18. The fraction of sp³-hybridized carbons (Fsp3) is 0.0588. The van der Waals surface area contributed by atoms with E-state index in [0.29, 0.717) is 26.7 Å². The Kier molecular flexibility index (Phi) is 4.61. The predicted octanol–water partition coefficient (Wildman–Crippen LogP) is 3.86. The lowest BCUT2D eigenvalue weighted by atomic mass is 10.2. The molecule has 0 saturated carbocycles. The molecule has 3 heterocycles. The van der Waals surface area contributed by atoms with E-state index in [9.17, 15) is 4.79 Å². The van der Waals surface area contributed by atoms with Gasteiger partial charge in [0.15, 0.2) is 16.5 Å². The Morgan fingerprint density at radius 2 is 1.96 bits per heavy atom. The number of benzene rings is 1. The number of aromatic nitrogens is 5. The van der Waals surface area contributed by atoms with E-state index in [2.05, 4.69) is 30.6 Å². The van der Waals surface area contributed by atoms with Gasteiger partial charge in [-0.2, -0.15) is 0 Å². The SMILES string of the molecule is Cc1cnc(-c2cc(C(=O)Nc3nnc(-c4ccccc4Cl)s3)on2)nc1. The molecular formula is C17H11ClN6O2S. The molecule has 134 valence electrons. The summed E-state index contributed by atoms with van der Waals surface area (Å²) in [5.41, 5.74) is 2.04. The zero-order chi connectivity index (χ0) is 18.8. The van der Waals surface area contributed by atoms with E-state index < -0.39 is 5.91 Å². The van der Waals surface area contributed by atoms with Crippen LogP contribution in [0.1, 0.15) is 16.1 Å². The number of rotatable bonds is 4. The maximum atomic E-state index is 12.4. The molecule has 10 heteroatoms. The number of carbonyl (C=O) groups is 1. The molecule has 8 nitrogen and oxygen atoms in total. The van der Waals surface area contributed by atoms with E-state index in [1.54, 1.807) is 18.5 Å². The van der Waals surface area contributed by atoms with Gasteiger partial charge in [-0.3, -0.25) is 10.1 Å². The number of hydrogen-bond acceptors (Lipinski definition) is 8. The van der Waals surface area contributed by atoms with Crippen LogP contribution in [-0.4, -0.2) is 31.2 Å². The zero-order valence-electron chi connectivity index (χ0n) is 13.9. The van der Waals surface area contributed by atoms with E-state index in [4.69, 9.17) is 16.1 Å². The first-order chi connectivity index (χ1) is 13.1. The Balaban J connectivity index is 1.50. The molecule has 0 radical (unpaired) electrons. The summed E-state index contributed by atoms with van der Waals surface area (Å²) in [6.45, 7) is 1.88. The van der Waals surface area contributed by atoms with Crippen molar-refractivity contribution in [1.29, 1.82) is 0 Å². The van der Waals surface area contributed by atoms with Crippen molar-refractivity contribution in [2.45, 2.75) is 6.92 Å². The van der Waals surface area contributed by atoms with Crippen LogP contribution >= 0.6 is 22.9 Å². The van der Waals surface area contributed by atoms with Crippen LogP contribution in [0.25, 0.3) is 22.1 Å². The molecule has 0 atom stereocenters. The van der Waals surface area contributed by atoms with Crippen molar-refractivity contribution in [2.75, 3.05) is 5.32 Å². The van der Waals surface area contributed by atoms with Gasteiger partial charge in [0.05, 0.1) is 5.02 Å². The number of halogens is 1. The third-order valence-electron chi connectivity index (χ3n) is 3.49. The zero-order valence-corrected chi connectivity index (χ0v) is 15.5. The normalized spacial score (nSPS) is 10.7. The first-order valence-electron chi connectivity index (χ1n) is 7.75. The lowest BCUT2D eigenvalue weighted by Gasteiger charge is -1.97. The lowest BCUT2D eigenvalue weighted by molar-refractivity contribution is 0.0988. The van der Waals surface area contributed by atoms with Crippen molar-refractivity contribution in [3.63, 3.8) is 0 Å². The molecular weight excluding hydrogens is 388 g/mol. The van der Waals surface area contributed by atoms with E-state index >= 15 is 0 Å². The second-order valence-electron chi connectivity index (χ2n) is 5.51. The molecule has 4 rings (SSSR count). The number of anilines is 1. The van der Waals surface area contributed by atoms with Gasteiger partial charge in [-0.1, -0.05) is 46.3 Å². The summed E-state index contributed by atoms with van der Waals surface area (Å²) in [5.74, 6) is -0.105. The third-order valence-corrected chi connectivity index (χ3v) is 4.70. The van der Waals surface area contributed by atoms with Gasteiger partial charge in [0.25, 0.3) is 5.91 Å². The van der Waals surface area contributed by atoms with Gasteiger partial charge < -0.3 is 4.52 Å². The minimum Gasteiger partial charge on any atom is -0.350 e. The maximum absolute atomic E-state index is 12.4. The molecule has 0 aliphatic heterocycles. The number of nitrogens with one attached hydrogen (secondary N) is 1. The van der Waals surface area contributed by atoms with E-state index in [-0.39, 0.29) is 5.76 Å². The quantitative estimate of drug-likeness (QED) is 0.556. The molecule has 3 aromatic heterocycles. The Hall–Kier alpha value is -3.17. The Morgan fingerprint density at radius 1 is 1.19 bits per heavy atom. The number of nitrogens with zero attached hydrogens (tertiary/aromatic N) is 5. The highest BCUT2D eigenvalue weighted by atomic mass is 35.5. The fourth-order valence-electron chi connectivity index (χ4n) is 2.19. The minimum absolute atomic E-state index is 0.0173. The van der Waals surface area contributed by atoms with Crippen LogP contribution in [0.15, 0.2) is 47.2 Å². The van der Waals surface area contributed by atoms with E-state index in [1.165, 1.54) is 17.4 Å². The Bertz CT molecular complexity index is 1110. The van der Waals surface area contributed by atoms with Crippen LogP contribution in [-0.2, 0) is 0 Å². The van der Waals surface area contributed by atoms with Crippen molar-refractivity contribution in [2.24, 2.45) is 0 Å². The van der Waals surface area contributed by atoms with Crippen LogP contribution in [0, 0.1) is 6.92 Å². The average Bonchev–Trinajstić information content (AvgIpc) is 3.33. The predicted molar refractivity (Wildman–Crippen MR) is 101 cm³/mol. The summed E-state index contributed by atoms with van der Waals surface area (Å²) in [5, 5.41) is 16.0. The van der Waals surface area contributed by atoms with Crippen LogP contribution < -0.4 is 5.32 Å². The monoisotopic (exact) mass is 398 g/mol.